The molecule has 0 bridgehead atoms. The van der Waals surface area contributed by atoms with Gasteiger partial charge < -0.3 is 20.7 Å². The molecule has 1 aliphatic carbocycles. The zero-order valence-corrected chi connectivity index (χ0v) is 15.7. The summed E-state index contributed by atoms with van der Waals surface area (Å²) in [7, 11) is 0. The highest BCUT2D eigenvalue weighted by Gasteiger charge is 2.39. The molecular formula is C19H30N4O3. The lowest BCUT2D eigenvalue weighted by atomic mass is 9.71. The average Bonchev–Trinajstić information content (AvgIpc) is 2.61. The molecule has 2 fully saturated rings. The number of rotatable bonds is 6. The van der Waals surface area contributed by atoms with Crippen molar-refractivity contribution in [3.8, 4) is 0 Å². The topological polar surface area (TPSA) is 107 Å². The molecule has 1 amide bonds. The van der Waals surface area contributed by atoms with Gasteiger partial charge in [-0.15, -0.1) is 0 Å². The number of carbonyl (C=O) groups excluding carboxylic acids is 1. The summed E-state index contributed by atoms with van der Waals surface area (Å²) >= 11 is 0. The second kappa shape index (κ2) is 8.31. The largest absolute Gasteiger partial charge is 0.393 e. The van der Waals surface area contributed by atoms with Gasteiger partial charge in [0.1, 0.15) is 5.82 Å². The maximum absolute atomic E-state index is 12.7. The summed E-state index contributed by atoms with van der Waals surface area (Å²) in [5.74, 6) is 1.27. The second-order valence-electron chi connectivity index (χ2n) is 7.67. The number of amides is 1. The van der Waals surface area contributed by atoms with Crippen LogP contribution in [-0.4, -0.2) is 46.2 Å². The highest BCUT2D eigenvalue weighted by molar-refractivity contribution is 5.79. The molecule has 1 saturated carbocycles. The van der Waals surface area contributed by atoms with Crippen LogP contribution in [0.5, 0.6) is 0 Å². The van der Waals surface area contributed by atoms with Crippen molar-refractivity contribution in [3.05, 3.63) is 27.4 Å². The Kier molecular flexibility index (Phi) is 6.09. The lowest BCUT2D eigenvalue weighted by Gasteiger charge is -2.43. The second-order valence-corrected chi connectivity index (χ2v) is 7.67. The van der Waals surface area contributed by atoms with E-state index in [2.05, 4.69) is 20.6 Å². The van der Waals surface area contributed by atoms with Crippen molar-refractivity contribution in [2.75, 3.05) is 13.1 Å². The predicted octanol–water partition coefficient (Wildman–Crippen LogP) is 0.439. The zero-order chi connectivity index (χ0) is 18.7. The first-order valence-corrected chi connectivity index (χ1v) is 9.74. The minimum atomic E-state index is -0.239. The molecule has 2 heterocycles. The molecule has 144 valence electrons. The third kappa shape index (κ3) is 4.32. The van der Waals surface area contributed by atoms with E-state index in [1.807, 2.05) is 6.92 Å². The molecule has 1 saturated heterocycles. The van der Waals surface area contributed by atoms with E-state index in [9.17, 15) is 14.7 Å². The molecule has 7 heteroatoms. The molecule has 4 N–H and O–H groups in total. The van der Waals surface area contributed by atoms with Crippen LogP contribution in [-0.2, 0) is 17.6 Å². The number of aryl methyl sites for hydroxylation is 2. The number of H-pyrrole nitrogens is 1. The number of aliphatic hydroxyl groups is 1. The molecule has 1 atom stereocenters. The van der Waals surface area contributed by atoms with Gasteiger partial charge in [-0.05, 0) is 57.5 Å². The van der Waals surface area contributed by atoms with Gasteiger partial charge in [-0.1, -0.05) is 6.92 Å². The molecule has 0 spiro atoms. The molecule has 7 nitrogen and oxygen atoms in total. The summed E-state index contributed by atoms with van der Waals surface area (Å²) in [5.41, 5.74) is 0.845. The number of aromatic amines is 1. The van der Waals surface area contributed by atoms with Gasteiger partial charge in [0.2, 0.25) is 5.91 Å². The van der Waals surface area contributed by atoms with Gasteiger partial charge >= 0.3 is 0 Å². The van der Waals surface area contributed by atoms with Gasteiger partial charge in [0.25, 0.3) is 5.56 Å². The molecule has 2 aliphatic rings. The van der Waals surface area contributed by atoms with Crippen LogP contribution in [0.1, 0.15) is 49.7 Å². The lowest BCUT2D eigenvalue weighted by molar-refractivity contribution is -0.123. The smallest absolute Gasteiger partial charge is 0.254 e. The van der Waals surface area contributed by atoms with Crippen LogP contribution < -0.4 is 16.2 Å². The van der Waals surface area contributed by atoms with Gasteiger partial charge in [0.15, 0.2) is 0 Å². The van der Waals surface area contributed by atoms with E-state index in [0.717, 1.165) is 38.8 Å². The summed E-state index contributed by atoms with van der Waals surface area (Å²) in [6, 6.07) is 0.0789. The molecule has 1 aliphatic heterocycles. The number of piperidine rings is 1. The van der Waals surface area contributed by atoms with Crippen molar-refractivity contribution in [2.45, 2.75) is 64.5 Å². The standard InChI is InChI=1S/C19H30N4O3/c1-3-16-21-11(2)15(19(26)22-16)10-17(25)23-18(13-8-14(24)9-13)12-4-6-20-7-5-12/h12-14,18,20,24H,3-10H2,1-2H3,(H,23,25)(H,21,22,26)/t13?,14?,18-/m0/s1. The quantitative estimate of drug-likeness (QED) is 0.587. The third-order valence-electron chi connectivity index (χ3n) is 5.82. The van der Waals surface area contributed by atoms with E-state index < -0.39 is 0 Å². The van der Waals surface area contributed by atoms with E-state index in [0.29, 0.717) is 35.3 Å². The van der Waals surface area contributed by atoms with Crippen molar-refractivity contribution in [2.24, 2.45) is 11.8 Å². The number of hydrogen-bond donors (Lipinski definition) is 4. The number of nitrogens with one attached hydrogen (secondary N) is 3. The number of hydrogen-bond acceptors (Lipinski definition) is 5. The average molecular weight is 362 g/mol. The van der Waals surface area contributed by atoms with Crippen molar-refractivity contribution in [1.82, 2.24) is 20.6 Å². The van der Waals surface area contributed by atoms with Gasteiger partial charge in [-0.2, -0.15) is 0 Å². The third-order valence-corrected chi connectivity index (χ3v) is 5.82. The summed E-state index contributed by atoms with van der Waals surface area (Å²) in [4.78, 5) is 32.1. The molecule has 0 aromatic carbocycles. The minimum absolute atomic E-state index is 0.0505. The lowest BCUT2D eigenvalue weighted by Crippen LogP contribution is -2.53. The first-order valence-electron chi connectivity index (χ1n) is 9.74. The summed E-state index contributed by atoms with van der Waals surface area (Å²) in [6.07, 6.45) is 4.03. The van der Waals surface area contributed by atoms with Crippen LogP contribution in [0.2, 0.25) is 0 Å². The highest BCUT2D eigenvalue weighted by Crippen LogP contribution is 2.35. The van der Waals surface area contributed by atoms with Crippen molar-refractivity contribution < 1.29 is 9.90 Å². The van der Waals surface area contributed by atoms with Crippen LogP contribution in [0.3, 0.4) is 0 Å². The van der Waals surface area contributed by atoms with Crippen LogP contribution in [0.25, 0.3) is 0 Å². The summed E-state index contributed by atoms with van der Waals surface area (Å²) in [5, 5.41) is 16.2. The molecular weight excluding hydrogens is 332 g/mol. The Morgan fingerprint density at radius 2 is 2.00 bits per heavy atom. The van der Waals surface area contributed by atoms with Crippen LogP contribution >= 0.6 is 0 Å². The van der Waals surface area contributed by atoms with Crippen molar-refractivity contribution in [1.29, 1.82) is 0 Å². The Labute approximate surface area is 154 Å². The van der Waals surface area contributed by atoms with E-state index in [4.69, 9.17) is 0 Å². The Hall–Kier alpha value is -1.73. The Morgan fingerprint density at radius 1 is 1.31 bits per heavy atom. The van der Waals surface area contributed by atoms with Gasteiger partial charge in [0, 0.05) is 23.7 Å². The Bertz CT molecular complexity index is 691. The fraction of sp³-hybridized carbons (Fsp3) is 0.737. The Balaban J connectivity index is 1.69. The molecule has 1 aromatic heterocycles. The van der Waals surface area contributed by atoms with Gasteiger partial charge in [0.05, 0.1) is 12.5 Å². The molecule has 1 aromatic rings. The number of aliphatic hydroxyl groups excluding tert-OH is 1. The SMILES string of the molecule is CCc1nc(C)c(CC(=O)N[C@@H](C2CCNCC2)C2CC(O)C2)c(=O)[nH]1. The number of aromatic nitrogens is 2. The van der Waals surface area contributed by atoms with Gasteiger partial charge in [-0.3, -0.25) is 9.59 Å². The van der Waals surface area contributed by atoms with E-state index in [-0.39, 0.29) is 30.0 Å². The zero-order valence-electron chi connectivity index (χ0n) is 15.7. The molecule has 0 unspecified atom stereocenters. The monoisotopic (exact) mass is 362 g/mol. The fourth-order valence-electron chi connectivity index (χ4n) is 4.19. The summed E-state index contributed by atoms with van der Waals surface area (Å²) in [6.45, 7) is 5.64. The maximum Gasteiger partial charge on any atom is 0.254 e. The number of nitrogens with zero attached hydrogens (tertiary/aromatic N) is 1. The summed E-state index contributed by atoms with van der Waals surface area (Å²) < 4.78 is 0. The van der Waals surface area contributed by atoms with E-state index >= 15 is 0 Å². The van der Waals surface area contributed by atoms with Crippen LogP contribution in [0, 0.1) is 18.8 Å². The van der Waals surface area contributed by atoms with E-state index in [1.165, 1.54) is 0 Å². The maximum atomic E-state index is 12.7. The van der Waals surface area contributed by atoms with Crippen molar-refractivity contribution in [3.63, 3.8) is 0 Å². The number of carbonyl (C=O) groups is 1. The predicted molar refractivity (Wildman–Crippen MR) is 98.9 cm³/mol. The van der Waals surface area contributed by atoms with Gasteiger partial charge in [-0.25, -0.2) is 4.98 Å². The highest BCUT2D eigenvalue weighted by atomic mass is 16.3. The molecule has 3 rings (SSSR count). The van der Waals surface area contributed by atoms with Crippen LogP contribution in [0.4, 0.5) is 0 Å². The van der Waals surface area contributed by atoms with E-state index in [1.54, 1.807) is 6.92 Å². The first-order chi connectivity index (χ1) is 12.5. The van der Waals surface area contributed by atoms with Crippen molar-refractivity contribution >= 4 is 5.91 Å². The normalized spacial score (nSPS) is 24.7. The fourth-order valence-corrected chi connectivity index (χ4v) is 4.19. The Morgan fingerprint density at radius 3 is 2.58 bits per heavy atom. The minimum Gasteiger partial charge on any atom is -0.393 e. The van der Waals surface area contributed by atoms with Crippen LogP contribution in [0.15, 0.2) is 4.79 Å². The molecule has 0 radical (unpaired) electrons. The first kappa shape index (κ1) is 19.0. The molecule has 26 heavy (non-hydrogen) atoms.